The maximum atomic E-state index is 9.15. The summed E-state index contributed by atoms with van der Waals surface area (Å²) in [6.45, 7) is 3.82. The minimum Gasteiger partial charge on any atom is -0.427 e. The molecule has 6 nitrogen and oxygen atoms in total. The van der Waals surface area contributed by atoms with Gasteiger partial charge in [-0.3, -0.25) is 0 Å². The SMILES string of the molecule is CC(C)(c1ccccc1OP(O)O)c1ccccc1OP(O)O. The van der Waals surface area contributed by atoms with Crippen LogP contribution in [0, 0.1) is 0 Å². The number of para-hydroxylation sites is 2. The Morgan fingerprint density at radius 1 is 0.696 bits per heavy atom. The molecule has 0 aliphatic rings. The molecule has 2 aromatic rings. The standard InChI is InChI=1S/C15H18O6P2/c1-15(2,11-7-3-5-9-13(11)20-22(16)17)12-8-4-6-10-14(12)21-23(18)19/h3-10,16-19H,1-2H3. The molecule has 2 aromatic carbocycles. The number of rotatable bonds is 6. The van der Waals surface area contributed by atoms with E-state index >= 15 is 0 Å². The van der Waals surface area contributed by atoms with Crippen molar-refractivity contribution in [3.63, 3.8) is 0 Å². The van der Waals surface area contributed by atoms with E-state index in [0.717, 1.165) is 0 Å². The second kappa shape index (κ2) is 7.54. The second-order valence-corrected chi connectivity index (χ2v) is 6.68. The molecule has 0 unspecified atom stereocenters. The lowest BCUT2D eigenvalue weighted by molar-refractivity contribution is 0.367. The van der Waals surface area contributed by atoms with E-state index in [2.05, 4.69) is 0 Å². The molecular formula is C15H18O6P2. The molecule has 0 bridgehead atoms. The van der Waals surface area contributed by atoms with Gasteiger partial charge in [-0.1, -0.05) is 50.2 Å². The van der Waals surface area contributed by atoms with Crippen molar-refractivity contribution < 1.29 is 28.6 Å². The number of hydrogen-bond donors (Lipinski definition) is 4. The van der Waals surface area contributed by atoms with Gasteiger partial charge in [0.2, 0.25) is 0 Å². The lowest BCUT2D eigenvalue weighted by atomic mass is 9.77. The van der Waals surface area contributed by atoms with Crippen molar-refractivity contribution in [1.29, 1.82) is 0 Å². The van der Waals surface area contributed by atoms with Crippen molar-refractivity contribution in [1.82, 2.24) is 0 Å². The van der Waals surface area contributed by atoms with E-state index in [-0.39, 0.29) is 0 Å². The van der Waals surface area contributed by atoms with Crippen molar-refractivity contribution in [2.75, 3.05) is 0 Å². The highest BCUT2D eigenvalue weighted by molar-refractivity contribution is 7.40. The summed E-state index contributed by atoms with van der Waals surface area (Å²) in [7, 11) is -5.08. The van der Waals surface area contributed by atoms with Crippen LogP contribution in [-0.4, -0.2) is 19.6 Å². The van der Waals surface area contributed by atoms with Gasteiger partial charge in [0.05, 0.1) is 0 Å². The first-order valence-electron chi connectivity index (χ1n) is 6.73. The summed E-state index contributed by atoms with van der Waals surface area (Å²) >= 11 is 0. The zero-order chi connectivity index (χ0) is 17.0. The normalized spacial score (nSPS) is 11.8. The summed E-state index contributed by atoms with van der Waals surface area (Å²) in [5.74, 6) is 0.692. The molecule has 0 amide bonds. The quantitative estimate of drug-likeness (QED) is 0.593. The minimum atomic E-state index is -2.54. The van der Waals surface area contributed by atoms with Crippen LogP contribution in [0.3, 0.4) is 0 Å². The molecule has 0 saturated carbocycles. The van der Waals surface area contributed by atoms with Gasteiger partial charge in [0.15, 0.2) is 0 Å². The fraction of sp³-hybridized carbons (Fsp3) is 0.200. The average molecular weight is 356 g/mol. The Balaban J connectivity index is 2.51. The molecule has 23 heavy (non-hydrogen) atoms. The van der Waals surface area contributed by atoms with Gasteiger partial charge in [0.1, 0.15) is 11.5 Å². The summed E-state index contributed by atoms with van der Waals surface area (Å²) in [4.78, 5) is 36.6. The predicted octanol–water partition coefficient (Wildman–Crippen LogP) is 3.19. The summed E-state index contributed by atoms with van der Waals surface area (Å²) < 4.78 is 10.2. The summed E-state index contributed by atoms with van der Waals surface area (Å²) in [6.07, 6.45) is 0. The number of hydrogen-bond acceptors (Lipinski definition) is 6. The second-order valence-electron chi connectivity index (χ2n) is 5.31. The van der Waals surface area contributed by atoms with Crippen molar-refractivity contribution in [2.24, 2.45) is 0 Å². The third-order valence-corrected chi connectivity index (χ3v) is 4.20. The van der Waals surface area contributed by atoms with E-state index in [9.17, 15) is 0 Å². The van der Waals surface area contributed by atoms with Gasteiger partial charge in [-0.25, -0.2) is 0 Å². The topological polar surface area (TPSA) is 99.4 Å². The molecule has 0 atom stereocenters. The van der Waals surface area contributed by atoms with Crippen molar-refractivity contribution in [2.45, 2.75) is 19.3 Å². The highest BCUT2D eigenvalue weighted by Crippen LogP contribution is 2.45. The van der Waals surface area contributed by atoms with Gasteiger partial charge in [0, 0.05) is 16.5 Å². The average Bonchev–Trinajstić information content (AvgIpc) is 2.46. The van der Waals surface area contributed by atoms with Gasteiger partial charge < -0.3 is 28.6 Å². The smallest absolute Gasteiger partial charge is 0.391 e. The maximum absolute atomic E-state index is 9.15. The van der Waals surface area contributed by atoms with Crippen LogP contribution in [0.25, 0.3) is 0 Å². The Kier molecular flexibility index (Phi) is 5.93. The Bertz CT molecular complexity index is 604. The molecule has 0 saturated heterocycles. The van der Waals surface area contributed by atoms with Crippen LogP contribution in [-0.2, 0) is 5.41 Å². The molecule has 0 fully saturated rings. The molecule has 124 valence electrons. The van der Waals surface area contributed by atoms with Gasteiger partial charge in [-0.15, -0.1) is 0 Å². The largest absolute Gasteiger partial charge is 0.427 e. The van der Waals surface area contributed by atoms with Crippen LogP contribution >= 0.6 is 17.2 Å². The zero-order valence-corrected chi connectivity index (χ0v) is 14.4. The van der Waals surface area contributed by atoms with Crippen LogP contribution in [0.2, 0.25) is 0 Å². The predicted molar refractivity (Wildman–Crippen MR) is 89.0 cm³/mol. The van der Waals surface area contributed by atoms with Crippen molar-refractivity contribution >= 4 is 17.2 Å². The minimum absolute atomic E-state index is 0.346. The summed E-state index contributed by atoms with van der Waals surface area (Å²) in [6, 6.07) is 14.0. The Labute approximate surface area is 137 Å². The van der Waals surface area contributed by atoms with Crippen molar-refractivity contribution in [3.05, 3.63) is 59.7 Å². The fourth-order valence-corrected chi connectivity index (χ4v) is 3.12. The molecular weight excluding hydrogens is 338 g/mol. The molecule has 0 heterocycles. The van der Waals surface area contributed by atoms with E-state index < -0.39 is 22.6 Å². The zero-order valence-electron chi connectivity index (χ0n) is 12.6. The van der Waals surface area contributed by atoms with Gasteiger partial charge >= 0.3 is 17.2 Å². The highest BCUT2D eigenvalue weighted by Gasteiger charge is 2.30. The van der Waals surface area contributed by atoms with Crippen LogP contribution in [0.5, 0.6) is 11.5 Å². The van der Waals surface area contributed by atoms with E-state index in [4.69, 9.17) is 28.6 Å². The third kappa shape index (κ3) is 4.39. The fourth-order valence-electron chi connectivity index (χ4n) is 2.45. The molecule has 8 heteroatoms. The third-order valence-electron chi connectivity index (χ3n) is 3.48. The Hall–Kier alpha value is -1.26. The van der Waals surface area contributed by atoms with Crippen LogP contribution < -0.4 is 9.05 Å². The molecule has 0 aromatic heterocycles. The Morgan fingerprint density at radius 2 is 1.04 bits per heavy atom. The number of benzene rings is 2. The van der Waals surface area contributed by atoms with Crippen LogP contribution in [0.15, 0.2) is 48.5 Å². The molecule has 0 aliphatic heterocycles. The lowest BCUT2D eigenvalue weighted by Crippen LogP contribution is -2.20. The summed E-state index contributed by atoms with van der Waals surface area (Å²) in [5, 5.41) is 0. The first-order valence-corrected chi connectivity index (χ1v) is 9.06. The van der Waals surface area contributed by atoms with Gasteiger partial charge in [-0.2, -0.15) is 0 Å². The Morgan fingerprint density at radius 3 is 1.39 bits per heavy atom. The van der Waals surface area contributed by atoms with Gasteiger partial charge in [-0.05, 0) is 12.1 Å². The van der Waals surface area contributed by atoms with Gasteiger partial charge in [0.25, 0.3) is 0 Å². The van der Waals surface area contributed by atoms with Crippen molar-refractivity contribution in [3.8, 4) is 11.5 Å². The monoisotopic (exact) mass is 356 g/mol. The van der Waals surface area contributed by atoms with E-state index in [0.29, 0.717) is 22.6 Å². The molecule has 0 aliphatic carbocycles. The van der Waals surface area contributed by atoms with E-state index in [1.165, 1.54) is 0 Å². The van der Waals surface area contributed by atoms with E-state index in [1.807, 2.05) is 38.1 Å². The highest BCUT2D eigenvalue weighted by atomic mass is 31.2. The molecule has 2 rings (SSSR count). The van der Waals surface area contributed by atoms with Crippen LogP contribution in [0.4, 0.5) is 0 Å². The maximum Gasteiger partial charge on any atom is 0.391 e. The molecule has 4 N–H and O–H groups in total. The summed E-state index contributed by atoms with van der Waals surface area (Å²) in [5.41, 5.74) is 0.794. The first-order chi connectivity index (χ1) is 10.8. The van der Waals surface area contributed by atoms with E-state index in [1.54, 1.807) is 24.3 Å². The molecule has 0 spiro atoms. The first kappa shape index (κ1) is 18.1. The lowest BCUT2D eigenvalue weighted by Gasteiger charge is -2.29. The molecule has 0 radical (unpaired) electrons. The van der Waals surface area contributed by atoms with Crippen LogP contribution in [0.1, 0.15) is 25.0 Å².